The number of fused-ring (bicyclic) bond motifs is 1. The second kappa shape index (κ2) is 8.38. The first-order valence-corrected chi connectivity index (χ1v) is 8.78. The van der Waals surface area contributed by atoms with E-state index in [0.717, 1.165) is 30.1 Å². The lowest BCUT2D eigenvalue weighted by Crippen LogP contribution is -2.41. The van der Waals surface area contributed by atoms with Gasteiger partial charge in [-0.1, -0.05) is 0 Å². The number of alkyl halides is 3. The fraction of sp³-hybridized carbons (Fsp3) is 0.316. The molecule has 1 aliphatic rings. The van der Waals surface area contributed by atoms with Gasteiger partial charge in [-0.05, 0) is 24.3 Å². The van der Waals surface area contributed by atoms with Crippen molar-refractivity contribution in [1.82, 2.24) is 15.1 Å². The molecule has 3 rings (SSSR count). The van der Waals surface area contributed by atoms with E-state index in [1.807, 2.05) is 4.90 Å². The molecule has 154 valence electrons. The molecule has 10 heteroatoms. The molecule has 1 unspecified atom stereocenters. The highest BCUT2D eigenvalue weighted by Crippen LogP contribution is 2.34. The first-order chi connectivity index (χ1) is 13.8. The zero-order chi connectivity index (χ0) is 21.0. The lowest BCUT2D eigenvalue weighted by atomic mass is 10.1. The fourth-order valence-corrected chi connectivity index (χ4v) is 3.06. The van der Waals surface area contributed by atoms with Gasteiger partial charge in [0, 0.05) is 49.5 Å². The van der Waals surface area contributed by atoms with Crippen LogP contribution in [0.4, 0.5) is 24.7 Å². The van der Waals surface area contributed by atoms with Gasteiger partial charge in [0.1, 0.15) is 5.82 Å². The van der Waals surface area contributed by atoms with E-state index in [-0.39, 0.29) is 5.92 Å². The Morgan fingerprint density at radius 2 is 1.93 bits per heavy atom. The molecule has 0 saturated carbocycles. The SMILES string of the molecule is COC(=O)/C=C/C(=O)NCC1CN(c2ccc(C(F)(F)F)cc2)c2ccnn2C1. The Hall–Kier alpha value is -3.30. The van der Waals surface area contributed by atoms with Gasteiger partial charge in [-0.2, -0.15) is 18.3 Å². The van der Waals surface area contributed by atoms with E-state index in [9.17, 15) is 22.8 Å². The number of nitrogens with zero attached hydrogens (tertiary/aromatic N) is 3. The summed E-state index contributed by atoms with van der Waals surface area (Å²) in [6.07, 6.45) is -0.669. The van der Waals surface area contributed by atoms with Crippen molar-refractivity contribution >= 4 is 23.4 Å². The summed E-state index contributed by atoms with van der Waals surface area (Å²) in [5.74, 6) is -0.353. The average molecular weight is 408 g/mol. The van der Waals surface area contributed by atoms with Crippen molar-refractivity contribution in [1.29, 1.82) is 0 Å². The molecule has 0 radical (unpaired) electrons. The van der Waals surface area contributed by atoms with Gasteiger partial charge in [0.05, 0.1) is 18.9 Å². The summed E-state index contributed by atoms with van der Waals surface area (Å²) in [5, 5.41) is 6.95. The predicted octanol–water partition coefficient (Wildman–Crippen LogP) is 2.52. The second-order valence-electron chi connectivity index (χ2n) is 6.49. The molecule has 29 heavy (non-hydrogen) atoms. The molecule has 2 aromatic rings. The van der Waals surface area contributed by atoms with Crippen LogP contribution in [-0.4, -0.2) is 41.9 Å². The molecule has 0 saturated heterocycles. The lowest BCUT2D eigenvalue weighted by Gasteiger charge is -2.35. The largest absolute Gasteiger partial charge is 0.466 e. The second-order valence-corrected chi connectivity index (χ2v) is 6.49. The Morgan fingerprint density at radius 3 is 2.59 bits per heavy atom. The van der Waals surface area contributed by atoms with Crippen LogP contribution in [-0.2, 0) is 27.0 Å². The molecule has 1 amide bonds. The number of amides is 1. The number of methoxy groups -OCH3 is 1. The predicted molar refractivity (Wildman–Crippen MR) is 98.3 cm³/mol. The molecule has 1 aliphatic heterocycles. The highest BCUT2D eigenvalue weighted by molar-refractivity contribution is 5.94. The molecule has 1 atom stereocenters. The Bertz CT molecular complexity index is 906. The fourth-order valence-electron chi connectivity index (χ4n) is 3.06. The van der Waals surface area contributed by atoms with Crippen molar-refractivity contribution < 1.29 is 27.5 Å². The summed E-state index contributed by atoms with van der Waals surface area (Å²) in [7, 11) is 1.21. The van der Waals surface area contributed by atoms with Gasteiger partial charge in [-0.15, -0.1) is 0 Å². The number of esters is 1. The monoisotopic (exact) mass is 408 g/mol. The van der Waals surface area contributed by atoms with Crippen LogP contribution in [0.3, 0.4) is 0 Å². The lowest BCUT2D eigenvalue weighted by molar-refractivity contribution is -0.137. The molecule has 1 N–H and O–H groups in total. The van der Waals surface area contributed by atoms with Gasteiger partial charge in [-0.3, -0.25) is 4.79 Å². The Kier molecular flexibility index (Phi) is 5.90. The number of aromatic nitrogens is 2. The number of hydrogen-bond acceptors (Lipinski definition) is 5. The Balaban J connectivity index is 1.70. The summed E-state index contributed by atoms with van der Waals surface area (Å²) in [5.41, 5.74) is -0.116. The van der Waals surface area contributed by atoms with Crippen molar-refractivity contribution in [2.45, 2.75) is 12.7 Å². The van der Waals surface area contributed by atoms with Crippen molar-refractivity contribution in [2.24, 2.45) is 5.92 Å². The minimum absolute atomic E-state index is 0.0415. The number of benzene rings is 1. The summed E-state index contributed by atoms with van der Waals surface area (Å²) in [6, 6.07) is 6.70. The van der Waals surface area contributed by atoms with E-state index in [0.29, 0.717) is 25.3 Å². The first kappa shape index (κ1) is 20.4. The number of carbonyl (C=O) groups excluding carboxylic acids is 2. The van der Waals surface area contributed by atoms with E-state index in [1.165, 1.54) is 19.2 Å². The van der Waals surface area contributed by atoms with Crippen molar-refractivity contribution in [2.75, 3.05) is 25.1 Å². The van der Waals surface area contributed by atoms with Gasteiger partial charge >= 0.3 is 12.1 Å². The van der Waals surface area contributed by atoms with Gasteiger partial charge in [-0.25, -0.2) is 9.48 Å². The van der Waals surface area contributed by atoms with Crippen LogP contribution in [0.2, 0.25) is 0 Å². The van der Waals surface area contributed by atoms with Crippen LogP contribution in [0.5, 0.6) is 0 Å². The molecular weight excluding hydrogens is 389 g/mol. The first-order valence-electron chi connectivity index (χ1n) is 8.78. The van der Waals surface area contributed by atoms with E-state index < -0.39 is 23.6 Å². The number of nitrogens with one attached hydrogen (secondary N) is 1. The van der Waals surface area contributed by atoms with Crippen LogP contribution >= 0.6 is 0 Å². The number of anilines is 2. The average Bonchev–Trinajstić information content (AvgIpc) is 3.17. The normalized spacial score (nSPS) is 16.6. The molecule has 0 fully saturated rings. The standard InChI is InChI=1S/C19H19F3N4O3/c1-29-18(28)7-6-16(27)23-10-13-11-25(17-8-9-24-26(17)12-13)15-4-2-14(3-5-15)19(20,21)22/h2-9,13H,10-12H2,1H3,(H,23,27)/b7-6+. The quantitative estimate of drug-likeness (QED) is 0.608. The third-order valence-corrected chi connectivity index (χ3v) is 4.49. The maximum atomic E-state index is 12.8. The zero-order valence-electron chi connectivity index (χ0n) is 15.5. The van der Waals surface area contributed by atoms with Crippen LogP contribution < -0.4 is 10.2 Å². The number of rotatable bonds is 5. The molecule has 7 nitrogen and oxygen atoms in total. The molecule has 1 aromatic carbocycles. The highest BCUT2D eigenvalue weighted by atomic mass is 19.4. The minimum Gasteiger partial charge on any atom is -0.466 e. The van der Waals surface area contributed by atoms with E-state index >= 15 is 0 Å². The Labute approximate surface area is 164 Å². The van der Waals surface area contributed by atoms with E-state index in [1.54, 1.807) is 16.9 Å². The van der Waals surface area contributed by atoms with Crippen LogP contribution in [0, 0.1) is 5.92 Å². The summed E-state index contributed by atoms with van der Waals surface area (Å²) in [4.78, 5) is 24.7. The number of carbonyl (C=O) groups is 2. The Morgan fingerprint density at radius 1 is 1.21 bits per heavy atom. The maximum absolute atomic E-state index is 12.8. The third kappa shape index (κ3) is 4.95. The topological polar surface area (TPSA) is 76.5 Å². The van der Waals surface area contributed by atoms with Crippen molar-refractivity contribution in [3.63, 3.8) is 0 Å². The molecule has 0 aliphatic carbocycles. The molecule has 2 heterocycles. The minimum atomic E-state index is -4.40. The maximum Gasteiger partial charge on any atom is 0.416 e. The third-order valence-electron chi connectivity index (χ3n) is 4.49. The molecule has 0 spiro atoms. The smallest absolute Gasteiger partial charge is 0.416 e. The molecular formula is C19H19F3N4O3. The van der Waals surface area contributed by atoms with Gasteiger partial charge in [0.25, 0.3) is 0 Å². The van der Waals surface area contributed by atoms with Gasteiger partial charge in [0.15, 0.2) is 0 Å². The summed E-state index contributed by atoms with van der Waals surface area (Å²) in [6.45, 7) is 1.33. The van der Waals surface area contributed by atoms with E-state index in [2.05, 4.69) is 15.2 Å². The van der Waals surface area contributed by atoms with Gasteiger partial charge in [0.2, 0.25) is 5.91 Å². The van der Waals surface area contributed by atoms with Crippen LogP contribution in [0.15, 0.2) is 48.7 Å². The van der Waals surface area contributed by atoms with Crippen LogP contribution in [0.1, 0.15) is 5.56 Å². The number of halogens is 3. The summed E-state index contributed by atoms with van der Waals surface area (Å²) >= 11 is 0. The van der Waals surface area contributed by atoms with Crippen molar-refractivity contribution in [3.05, 3.63) is 54.2 Å². The van der Waals surface area contributed by atoms with E-state index in [4.69, 9.17) is 0 Å². The zero-order valence-corrected chi connectivity index (χ0v) is 15.5. The molecule has 1 aromatic heterocycles. The van der Waals surface area contributed by atoms with Gasteiger partial charge < -0.3 is 15.0 Å². The number of ether oxygens (including phenoxy) is 1. The van der Waals surface area contributed by atoms with Crippen molar-refractivity contribution in [3.8, 4) is 0 Å². The van der Waals surface area contributed by atoms with Crippen LogP contribution in [0.25, 0.3) is 0 Å². The molecule has 0 bridgehead atoms. The highest BCUT2D eigenvalue weighted by Gasteiger charge is 2.31. The number of hydrogen-bond donors (Lipinski definition) is 1. The summed E-state index contributed by atoms with van der Waals surface area (Å²) < 4.78 is 44.6.